The van der Waals surface area contributed by atoms with E-state index < -0.39 is 5.51 Å². The fraction of sp³-hybridized carbons (Fsp3) is 0.273. The highest BCUT2D eigenvalue weighted by Crippen LogP contribution is 2.36. The summed E-state index contributed by atoms with van der Waals surface area (Å²) in [6, 6.07) is 5.87. The molecular weight excluding hydrogens is 235 g/mol. The summed E-state index contributed by atoms with van der Waals surface area (Å²) >= 11 is -0.126. The molecule has 16 heavy (non-hydrogen) atoms. The lowest BCUT2D eigenvalue weighted by Gasteiger charge is -2.10. The zero-order valence-corrected chi connectivity index (χ0v) is 9.31. The molecule has 1 nitrogen and oxygen atoms in total. The Labute approximate surface area is 96.5 Å². The lowest BCUT2D eigenvalue weighted by atomic mass is 10.1. The highest BCUT2D eigenvalue weighted by molar-refractivity contribution is 8.00. The van der Waals surface area contributed by atoms with Crippen molar-refractivity contribution in [2.75, 3.05) is 0 Å². The van der Waals surface area contributed by atoms with E-state index in [2.05, 4.69) is 6.58 Å². The molecule has 0 saturated heterocycles. The number of benzene rings is 1. The number of alkyl halides is 3. The summed E-state index contributed by atoms with van der Waals surface area (Å²) in [6.07, 6.45) is 2.29. The quantitative estimate of drug-likeness (QED) is 0.645. The van der Waals surface area contributed by atoms with Crippen molar-refractivity contribution >= 4 is 11.8 Å². The first-order chi connectivity index (χ1) is 7.42. The minimum Gasteiger partial charge on any atom is -0.324 e. The van der Waals surface area contributed by atoms with Crippen LogP contribution >= 0.6 is 11.8 Å². The Hall–Kier alpha value is -0.940. The summed E-state index contributed by atoms with van der Waals surface area (Å²) in [4.78, 5) is 0.169. The molecule has 0 aliphatic rings. The molecule has 0 aromatic heterocycles. The first-order valence-corrected chi connectivity index (χ1v) is 5.46. The van der Waals surface area contributed by atoms with Gasteiger partial charge in [-0.2, -0.15) is 13.2 Å². The molecule has 0 aliphatic heterocycles. The fourth-order valence-electron chi connectivity index (χ4n) is 1.23. The maximum absolute atomic E-state index is 12.0. The number of halogens is 3. The van der Waals surface area contributed by atoms with Crippen molar-refractivity contribution in [1.29, 1.82) is 0 Å². The van der Waals surface area contributed by atoms with E-state index in [1.165, 1.54) is 12.1 Å². The van der Waals surface area contributed by atoms with Crippen LogP contribution in [0.3, 0.4) is 0 Å². The molecule has 1 aromatic rings. The van der Waals surface area contributed by atoms with Gasteiger partial charge in [-0.15, -0.1) is 6.58 Å². The average molecular weight is 247 g/mol. The van der Waals surface area contributed by atoms with Gasteiger partial charge in [-0.25, -0.2) is 0 Å². The highest BCUT2D eigenvalue weighted by atomic mass is 32.2. The minimum absolute atomic E-state index is 0.126. The van der Waals surface area contributed by atoms with Crippen LogP contribution < -0.4 is 5.73 Å². The standard InChI is InChI=1S/C11H12F3NS/c1-2-3-10(15)8-4-6-9(7-5-8)16-11(12,13)14/h2,4-7,10H,1,3,15H2/t10-/m0/s1. The number of hydrogen-bond acceptors (Lipinski definition) is 2. The Kier molecular flexibility index (Phi) is 4.44. The van der Waals surface area contributed by atoms with Gasteiger partial charge >= 0.3 is 5.51 Å². The largest absolute Gasteiger partial charge is 0.446 e. The summed E-state index contributed by atoms with van der Waals surface area (Å²) in [5.41, 5.74) is 2.35. The van der Waals surface area contributed by atoms with Gasteiger partial charge in [0.15, 0.2) is 0 Å². The van der Waals surface area contributed by atoms with Crippen molar-refractivity contribution in [2.45, 2.75) is 22.9 Å². The second-order valence-corrected chi connectivity index (χ2v) is 4.39. The maximum atomic E-state index is 12.0. The van der Waals surface area contributed by atoms with Crippen LogP contribution in [0.15, 0.2) is 41.8 Å². The SMILES string of the molecule is C=CC[C@H](N)c1ccc(SC(F)(F)F)cc1. The molecule has 0 unspecified atom stereocenters. The normalized spacial score (nSPS) is 13.5. The van der Waals surface area contributed by atoms with Crippen molar-refractivity contribution in [1.82, 2.24) is 0 Å². The molecule has 0 spiro atoms. The van der Waals surface area contributed by atoms with Crippen molar-refractivity contribution in [3.8, 4) is 0 Å². The minimum atomic E-state index is -4.25. The third kappa shape index (κ3) is 4.28. The van der Waals surface area contributed by atoms with Gasteiger partial charge in [0.05, 0.1) is 0 Å². The summed E-state index contributed by atoms with van der Waals surface area (Å²) in [7, 11) is 0. The third-order valence-corrected chi connectivity index (χ3v) is 2.70. The van der Waals surface area contributed by atoms with Gasteiger partial charge in [-0.3, -0.25) is 0 Å². The molecule has 0 fully saturated rings. The Morgan fingerprint density at radius 2 is 1.88 bits per heavy atom. The molecule has 0 aliphatic carbocycles. The van der Waals surface area contributed by atoms with Gasteiger partial charge in [0.1, 0.15) is 0 Å². The predicted octanol–water partition coefficient (Wildman–Crippen LogP) is 3.87. The first kappa shape index (κ1) is 13.1. The van der Waals surface area contributed by atoms with Crippen LogP contribution in [0.2, 0.25) is 0 Å². The summed E-state index contributed by atoms with van der Waals surface area (Å²) < 4.78 is 36.1. The summed E-state index contributed by atoms with van der Waals surface area (Å²) in [5.74, 6) is 0. The molecule has 0 heterocycles. The van der Waals surface area contributed by atoms with E-state index in [1.54, 1.807) is 18.2 Å². The van der Waals surface area contributed by atoms with Crippen LogP contribution in [0, 0.1) is 0 Å². The van der Waals surface area contributed by atoms with Gasteiger partial charge in [0.2, 0.25) is 0 Å². The molecule has 0 bridgehead atoms. The number of nitrogens with two attached hydrogens (primary N) is 1. The van der Waals surface area contributed by atoms with Crippen molar-refractivity contribution in [3.05, 3.63) is 42.5 Å². The van der Waals surface area contributed by atoms with Gasteiger partial charge in [0, 0.05) is 10.9 Å². The molecule has 88 valence electrons. The summed E-state index contributed by atoms with van der Waals surface area (Å²) in [6.45, 7) is 3.56. The van der Waals surface area contributed by atoms with Crippen LogP contribution in [0.4, 0.5) is 13.2 Å². The van der Waals surface area contributed by atoms with Gasteiger partial charge in [0.25, 0.3) is 0 Å². The van der Waals surface area contributed by atoms with E-state index >= 15 is 0 Å². The van der Waals surface area contributed by atoms with Gasteiger partial charge < -0.3 is 5.73 Å². The second kappa shape index (κ2) is 5.41. The number of hydrogen-bond donors (Lipinski definition) is 1. The lowest BCUT2D eigenvalue weighted by Crippen LogP contribution is -2.08. The van der Waals surface area contributed by atoms with E-state index in [0.29, 0.717) is 6.42 Å². The molecule has 2 N–H and O–H groups in total. The van der Waals surface area contributed by atoms with E-state index in [1.807, 2.05) is 0 Å². The van der Waals surface area contributed by atoms with Crippen LogP contribution in [0.1, 0.15) is 18.0 Å². The first-order valence-electron chi connectivity index (χ1n) is 4.64. The third-order valence-electron chi connectivity index (χ3n) is 1.96. The molecule has 1 atom stereocenters. The smallest absolute Gasteiger partial charge is 0.324 e. The molecule has 0 saturated carbocycles. The van der Waals surface area contributed by atoms with E-state index in [0.717, 1.165) is 5.56 Å². The van der Waals surface area contributed by atoms with Gasteiger partial charge in [-0.05, 0) is 35.9 Å². The van der Waals surface area contributed by atoms with Crippen molar-refractivity contribution in [2.24, 2.45) is 5.73 Å². The van der Waals surface area contributed by atoms with Crippen LogP contribution in [-0.2, 0) is 0 Å². The number of thioether (sulfide) groups is 1. The molecular formula is C11H12F3NS. The Bertz CT molecular complexity index is 345. The fourth-order valence-corrected chi connectivity index (χ4v) is 1.77. The monoisotopic (exact) mass is 247 g/mol. The molecule has 0 radical (unpaired) electrons. The Morgan fingerprint density at radius 3 is 2.31 bits per heavy atom. The average Bonchev–Trinajstić information content (AvgIpc) is 2.16. The Morgan fingerprint density at radius 1 is 1.31 bits per heavy atom. The zero-order valence-electron chi connectivity index (χ0n) is 8.50. The molecule has 0 amide bonds. The van der Waals surface area contributed by atoms with E-state index in [4.69, 9.17) is 5.73 Å². The zero-order chi connectivity index (χ0) is 12.2. The molecule has 1 rings (SSSR count). The topological polar surface area (TPSA) is 26.0 Å². The van der Waals surface area contributed by atoms with Crippen molar-refractivity contribution in [3.63, 3.8) is 0 Å². The maximum Gasteiger partial charge on any atom is 0.446 e. The van der Waals surface area contributed by atoms with E-state index in [9.17, 15) is 13.2 Å². The number of rotatable bonds is 4. The van der Waals surface area contributed by atoms with Gasteiger partial charge in [-0.1, -0.05) is 18.2 Å². The van der Waals surface area contributed by atoms with Crippen LogP contribution in [0.5, 0.6) is 0 Å². The predicted molar refractivity (Wildman–Crippen MR) is 60.1 cm³/mol. The molecule has 5 heteroatoms. The molecule has 1 aromatic carbocycles. The second-order valence-electron chi connectivity index (χ2n) is 3.25. The van der Waals surface area contributed by atoms with E-state index in [-0.39, 0.29) is 22.7 Å². The summed E-state index contributed by atoms with van der Waals surface area (Å²) in [5, 5.41) is 0. The highest BCUT2D eigenvalue weighted by Gasteiger charge is 2.29. The Balaban J connectivity index is 2.71. The van der Waals surface area contributed by atoms with Crippen LogP contribution in [-0.4, -0.2) is 5.51 Å². The van der Waals surface area contributed by atoms with Crippen LogP contribution in [0.25, 0.3) is 0 Å². The lowest BCUT2D eigenvalue weighted by molar-refractivity contribution is -0.0328. The van der Waals surface area contributed by atoms with Crippen molar-refractivity contribution < 1.29 is 13.2 Å².